The fraction of sp³-hybridized carbons (Fsp3) is 0.208. The summed E-state index contributed by atoms with van der Waals surface area (Å²) in [6.45, 7) is 1.10. The number of thioether (sulfide) groups is 2. The second-order valence-corrected chi connectivity index (χ2v) is 10.6. The van der Waals surface area contributed by atoms with Crippen LogP contribution in [0.1, 0.15) is 21.5 Å². The maximum absolute atomic E-state index is 13.4. The number of carbonyl (C=O) groups excluding carboxylic acids is 1. The van der Waals surface area contributed by atoms with Crippen LogP contribution >= 0.6 is 23.5 Å². The highest BCUT2D eigenvalue weighted by molar-refractivity contribution is 7.98. The third-order valence-corrected chi connectivity index (χ3v) is 7.79. The molecule has 3 aromatic rings. The number of hydrogen-bond donors (Lipinski definition) is 1. The molecule has 1 N–H and O–H groups in total. The third kappa shape index (κ3) is 5.44. The molecule has 0 aromatic heterocycles. The minimum absolute atomic E-state index is 0.0417. The fourth-order valence-electron chi connectivity index (χ4n) is 3.06. The molecule has 168 valence electrons. The maximum Gasteiger partial charge on any atom is 0.297 e. The Labute approximate surface area is 197 Å². The summed E-state index contributed by atoms with van der Waals surface area (Å²) in [7, 11) is -4.18. The smallest absolute Gasteiger partial charge is 0.297 e. The van der Waals surface area contributed by atoms with E-state index in [0.29, 0.717) is 0 Å². The molecule has 0 radical (unpaired) electrons. The normalized spacial score (nSPS) is 13.5. The molecule has 0 fully saturated rings. The quantitative estimate of drug-likeness (QED) is 0.260. The molecule has 0 saturated heterocycles. The summed E-state index contributed by atoms with van der Waals surface area (Å²) in [4.78, 5) is 15.3. The number of Topliss-reactive ketones (excluding diaryl/α,β-unsaturated/α-hetero) is 1. The van der Waals surface area contributed by atoms with Crippen LogP contribution in [-0.2, 0) is 19.9 Å². The van der Waals surface area contributed by atoms with Gasteiger partial charge in [0.25, 0.3) is 10.1 Å². The van der Waals surface area contributed by atoms with Gasteiger partial charge in [0, 0.05) is 15.4 Å². The third-order valence-electron chi connectivity index (χ3n) is 5.03. The Morgan fingerprint density at radius 3 is 1.88 bits per heavy atom. The van der Waals surface area contributed by atoms with Crippen LogP contribution < -0.4 is 0 Å². The van der Waals surface area contributed by atoms with E-state index in [0.717, 1.165) is 15.4 Å². The maximum atomic E-state index is 13.4. The summed E-state index contributed by atoms with van der Waals surface area (Å²) in [5, 5.41) is 11.5. The lowest BCUT2D eigenvalue weighted by Gasteiger charge is -2.27. The number of aliphatic hydroxyl groups is 1. The average Bonchev–Trinajstić information content (AvgIpc) is 2.82. The van der Waals surface area contributed by atoms with E-state index in [-0.39, 0.29) is 16.0 Å². The minimum Gasteiger partial charge on any atom is -0.375 e. The summed E-state index contributed by atoms with van der Waals surface area (Å²) in [5.74, 6) is -0.638. The van der Waals surface area contributed by atoms with E-state index in [1.54, 1.807) is 60.7 Å². The Hall–Kier alpha value is -2.10. The van der Waals surface area contributed by atoms with Gasteiger partial charge in [-0.15, -0.1) is 23.5 Å². The first-order valence-corrected chi connectivity index (χ1v) is 13.6. The van der Waals surface area contributed by atoms with E-state index in [2.05, 4.69) is 0 Å². The monoisotopic (exact) mass is 488 g/mol. The van der Waals surface area contributed by atoms with Gasteiger partial charge in [0.15, 0.2) is 5.60 Å². The zero-order valence-corrected chi connectivity index (χ0v) is 20.4. The molecule has 1 unspecified atom stereocenters. The Kier molecular flexibility index (Phi) is 7.84. The predicted molar refractivity (Wildman–Crippen MR) is 129 cm³/mol. The molecule has 0 spiro atoms. The number of carbonyl (C=O) groups is 1. The first-order valence-electron chi connectivity index (χ1n) is 9.71. The summed E-state index contributed by atoms with van der Waals surface area (Å²) >= 11 is 3.05. The van der Waals surface area contributed by atoms with Crippen LogP contribution in [-0.4, -0.2) is 38.4 Å². The van der Waals surface area contributed by atoms with Gasteiger partial charge < -0.3 is 5.11 Å². The molecule has 0 aliphatic carbocycles. The zero-order valence-electron chi connectivity index (χ0n) is 17.9. The molecular formula is C24H24O5S3. The lowest BCUT2D eigenvalue weighted by atomic mass is 9.86. The van der Waals surface area contributed by atoms with Crippen LogP contribution in [0.2, 0.25) is 0 Å². The van der Waals surface area contributed by atoms with Crippen molar-refractivity contribution >= 4 is 39.4 Å². The molecular weight excluding hydrogens is 464 g/mol. The van der Waals surface area contributed by atoms with E-state index in [4.69, 9.17) is 4.18 Å². The highest BCUT2D eigenvalue weighted by Crippen LogP contribution is 2.30. The van der Waals surface area contributed by atoms with Gasteiger partial charge in [0.1, 0.15) is 6.61 Å². The first-order chi connectivity index (χ1) is 15.2. The summed E-state index contributed by atoms with van der Waals surface area (Å²) in [6, 6.07) is 19.7. The molecule has 0 aliphatic rings. The molecule has 0 bridgehead atoms. The molecule has 5 nitrogen and oxygen atoms in total. The molecule has 0 saturated carbocycles. The molecule has 0 heterocycles. The van der Waals surface area contributed by atoms with Gasteiger partial charge in [-0.25, -0.2) is 0 Å². The van der Waals surface area contributed by atoms with Crippen molar-refractivity contribution in [1.29, 1.82) is 0 Å². The second-order valence-electron chi connectivity index (χ2n) is 7.18. The van der Waals surface area contributed by atoms with Crippen LogP contribution in [0.4, 0.5) is 0 Å². The minimum atomic E-state index is -4.18. The van der Waals surface area contributed by atoms with Crippen molar-refractivity contribution in [1.82, 2.24) is 0 Å². The molecule has 3 aromatic carbocycles. The fourth-order valence-corrected chi connectivity index (χ4v) is 4.81. The standard InChI is InChI=1S/C24H24O5S3/c1-17-4-14-22(15-5-17)32(27,28)29-16-24(26,19-8-12-21(31-3)13-9-19)23(25)18-6-10-20(30-2)11-7-18/h4-15,26H,16H2,1-3H3. The van der Waals surface area contributed by atoms with Crippen LogP contribution in [0.25, 0.3) is 0 Å². The van der Waals surface area contributed by atoms with Crippen molar-refractivity contribution in [2.75, 3.05) is 19.1 Å². The van der Waals surface area contributed by atoms with Crippen molar-refractivity contribution in [3.8, 4) is 0 Å². The van der Waals surface area contributed by atoms with Crippen molar-refractivity contribution in [2.24, 2.45) is 0 Å². The van der Waals surface area contributed by atoms with E-state index >= 15 is 0 Å². The largest absolute Gasteiger partial charge is 0.375 e. The molecule has 0 aliphatic heterocycles. The number of hydrogen-bond acceptors (Lipinski definition) is 7. The van der Waals surface area contributed by atoms with Crippen molar-refractivity contribution < 1.29 is 22.5 Å². The number of benzene rings is 3. The predicted octanol–water partition coefficient (Wildman–Crippen LogP) is 4.91. The number of aryl methyl sites for hydroxylation is 1. The van der Waals surface area contributed by atoms with E-state index in [9.17, 15) is 18.3 Å². The highest BCUT2D eigenvalue weighted by Gasteiger charge is 2.40. The SMILES string of the molecule is CSc1ccc(C(=O)C(O)(COS(=O)(=O)c2ccc(C)cc2)c2ccc(SC)cc2)cc1. The molecule has 8 heteroatoms. The van der Waals surface area contributed by atoms with Crippen molar-refractivity contribution in [2.45, 2.75) is 27.2 Å². The highest BCUT2D eigenvalue weighted by atomic mass is 32.2. The van der Waals surface area contributed by atoms with Crippen molar-refractivity contribution in [3.05, 3.63) is 89.5 Å². The van der Waals surface area contributed by atoms with Gasteiger partial charge in [-0.05, 0) is 61.4 Å². The topological polar surface area (TPSA) is 80.7 Å². The Morgan fingerprint density at radius 1 is 0.875 bits per heavy atom. The molecule has 1 atom stereocenters. The Bertz CT molecular complexity index is 1170. The average molecular weight is 489 g/mol. The summed E-state index contributed by atoms with van der Waals surface area (Å²) < 4.78 is 30.6. The first kappa shape index (κ1) is 24.5. The van der Waals surface area contributed by atoms with Gasteiger partial charge >= 0.3 is 0 Å². The zero-order chi connectivity index (χ0) is 23.4. The van der Waals surface area contributed by atoms with Gasteiger partial charge in [0.2, 0.25) is 5.78 Å². The van der Waals surface area contributed by atoms with Gasteiger partial charge in [-0.3, -0.25) is 8.98 Å². The Balaban J connectivity index is 1.97. The lowest BCUT2D eigenvalue weighted by molar-refractivity contribution is 0.00407. The van der Waals surface area contributed by atoms with E-state index < -0.39 is 28.1 Å². The Morgan fingerprint density at radius 2 is 1.38 bits per heavy atom. The van der Waals surface area contributed by atoms with Gasteiger partial charge in [-0.2, -0.15) is 8.42 Å². The second kappa shape index (κ2) is 10.2. The van der Waals surface area contributed by atoms with Crippen LogP contribution in [0.15, 0.2) is 87.5 Å². The van der Waals surface area contributed by atoms with Crippen LogP contribution in [0, 0.1) is 6.92 Å². The number of rotatable bonds is 9. The van der Waals surface area contributed by atoms with Gasteiger partial charge in [0.05, 0.1) is 4.90 Å². The van der Waals surface area contributed by atoms with Crippen LogP contribution in [0.5, 0.6) is 0 Å². The van der Waals surface area contributed by atoms with Crippen molar-refractivity contribution in [3.63, 3.8) is 0 Å². The molecule has 32 heavy (non-hydrogen) atoms. The van der Waals surface area contributed by atoms with Crippen LogP contribution in [0.3, 0.4) is 0 Å². The van der Waals surface area contributed by atoms with E-state index in [1.165, 1.54) is 35.7 Å². The lowest BCUT2D eigenvalue weighted by Crippen LogP contribution is -2.41. The number of ketones is 1. The van der Waals surface area contributed by atoms with Gasteiger partial charge in [-0.1, -0.05) is 42.0 Å². The summed E-state index contributed by atoms with van der Waals surface area (Å²) in [6.07, 6.45) is 3.83. The summed E-state index contributed by atoms with van der Waals surface area (Å²) in [5.41, 5.74) is -0.766. The molecule has 0 amide bonds. The molecule has 3 rings (SSSR count). The van der Waals surface area contributed by atoms with E-state index in [1.807, 2.05) is 19.4 Å².